The summed E-state index contributed by atoms with van der Waals surface area (Å²) >= 11 is 4.80. The molecule has 2 atom stereocenters. The normalized spacial score (nSPS) is 18.8. The lowest BCUT2D eigenvalue weighted by Crippen LogP contribution is -2.39. The summed E-state index contributed by atoms with van der Waals surface area (Å²) < 4.78 is 0. The lowest BCUT2D eigenvalue weighted by atomic mass is 9.77. The van der Waals surface area contributed by atoms with Gasteiger partial charge in [-0.2, -0.15) is 0 Å². The molecule has 90 valence electrons. The molecular weight excluding hydrogens is 232 g/mol. The van der Waals surface area contributed by atoms with E-state index in [1.54, 1.807) is 6.92 Å². The predicted octanol–water partition coefficient (Wildman–Crippen LogP) is 1.36. The smallest absolute Gasteiger partial charge is 0.229 e. The van der Waals surface area contributed by atoms with Crippen LogP contribution < -0.4 is 11.1 Å². The molecule has 1 aromatic carbocycles. The number of carbonyl (C=O) groups excluding carboxylic acids is 1. The second kappa shape index (κ2) is 4.84. The maximum absolute atomic E-state index is 11.7. The standard InChI is InChI=1S/C13H16N2OS/c1-8(12(14)17)13(16)15-7-10-6-9-4-2-3-5-11(9)10/h2-5,8,10H,6-7H2,1H3,(H2,14,17)(H,15,16). The van der Waals surface area contributed by atoms with E-state index in [-0.39, 0.29) is 16.8 Å². The molecule has 0 aliphatic heterocycles. The molecule has 17 heavy (non-hydrogen) atoms. The van der Waals surface area contributed by atoms with Gasteiger partial charge in [-0.25, -0.2) is 0 Å². The van der Waals surface area contributed by atoms with E-state index in [2.05, 4.69) is 17.4 Å². The zero-order valence-electron chi connectivity index (χ0n) is 9.77. The van der Waals surface area contributed by atoms with Crippen molar-refractivity contribution in [1.29, 1.82) is 0 Å². The Labute approximate surface area is 106 Å². The van der Waals surface area contributed by atoms with Gasteiger partial charge in [0.2, 0.25) is 5.91 Å². The lowest BCUT2D eigenvalue weighted by Gasteiger charge is -2.30. The van der Waals surface area contributed by atoms with Gasteiger partial charge < -0.3 is 11.1 Å². The van der Waals surface area contributed by atoms with Gasteiger partial charge in [-0.15, -0.1) is 0 Å². The quantitative estimate of drug-likeness (QED) is 0.791. The number of nitrogens with one attached hydrogen (secondary N) is 1. The SMILES string of the molecule is CC(C(=O)NCC1Cc2ccccc21)C(N)=S. The zero-order chi connectivity index (χ0) is 12.4. The van der Waals surface area contributed by atoms with E-state index in [9.17, 15) is 4.79 Å². The fourth-order valence-electron chi connectivity index (χ4n) is 2.05. The van der Waals surface area contributed by atoms with Crippen LogP contribution in [0.1, 0.15) is 24.0 Å². The van der Waals surface area contributed by atoms with Crippen molar-refractivity contribution in [3.8, 4) is 0 Å². The second-order valence-corrected chi connectivity index (χ2v) is 4.94. The van der Waals surface area contributed by atoms with Crippen molar-refractivity contribution in [2.75, 3.05) is 6.54 Å². The molecule has 3 nitrogen and oxygen atoms in total. The Morgan fingerprint density at radius 1 is 1.59 bits per heavy atom. The van der Waals surface area contributed by atoms with E-state index in [1.165, 1.54) is 11.1 Å². The van der Waals surface area contributed by atoms with Crippen LogP contribution in [0, 0.1) is 5.92 Å². The number of fused-ring (bicyclic) bond motifs is 1. The maximum Gasteiger partial charge on any atom is 0.229 e. The highest BCUT2D eigenvalue weighted by Gasteiger charge is 2.26. The van der Waals surface area contributed by atoms with Crippen LogP contribution in [-0.2, 0) is 11.2 Å². The van der Waals surface area contributed by atoms with Gasteiger partial charge in [0.15, 0.2) is 0 Å². The highest BCUT2D eigenvalue weighted by molar-refractivity contribution is 7.80. The summed E-state index contributed by atoms with van der Waals surface area (Å²) in [7, 11) is 0. The van der Waals surface area contributed by atoms with Crippen LogP contribution in [-0.4, -0.2) is 17.4 Å². The molecule has 0 radical (unpaired) electrons. The Morgan fingerprint density at radius 2 is 2.29 bits per heavy atom. The Balaban J connectivity index is 1.86. The van der Waals surface area contributed by atoms with Crippen LogP contribution in [0.15, 0.2) is 24.3 Å². The fourth-order valence-corrected chi connectivity index (χ4v) is 2.16. The first-order valence-electron chi connectivity index (χ1n) is 5.74. The van der Waals surface area contributed by atoms with E-state index in [4.69, 9.17) is 18.0 Å². The van der Waals surface area contributed by atoms with Gasteiger partial charge in [-0.1, -0.05) is 36.5 Å². The monoisotopic (exact) mass is 248 g/mol. The minimum Gasteiger partial charge on any atom is -0.393 e. The van der Waals surface area contributed by atoms with E-state index in [1.807, 2.05) is 12.1 Å². The van der Waals surface area contributed by atoms with E-state index < -0.39 is 0 Å². The van der Waals surface area contributed by atoms with Crippen molar-refractivity contribution in [1.82, 2.24) is 5.32 Å². The summed E-state index contributed by atoms with van der Waals surface area (Å²) in [5, 5.41) is 2.90. The van der Waals surface area contributed by atoms with Crippen LogP contribution in [0.25, 0.3) is 0 Å². The predicted molar refractivity (Wildman–Crippen MR) is 71.8 cm³/mol. The average molecular weight is 248 g/mol. The molecule has 0 heterocycles. The highest BCUT2D eigenvalue weighted by Crippen LogP contribution is 2.33. The van der Waals surface area contributed by atoms with Gasteiger partial charge in [0.1, 0.15) is 0 Å². The Hall–Kier alpha value is -1.42. The molecule has 1 aromatic rings. The number of benzene rings is 1. The van der Waals surface area contributed by atoms with Gasteiger partial charge in [-0.3, -0.25) is 4.79 Å². The van der Waals surface area contributed by atoms with Crippen LogP contribution >= 0.6 is 12.2 Å². The van der Waals surface area contributed by atoms with Crippen molar-refractivity contribution in [2.24, 2.45) is 11.7 Å². The minimum atomic E-state index is -0.389. The van der Waals surface area contributed by atoms with Crippen molar-refractivity contribution >= 4 is 23.1 Å². The molecular formula is C13H16N2OS. The van der Waals surface area contributed by atoms with Crippen LogP contribution in [0.5, 0.6) is 0 Å². The third-order valence-electron chi connectivity index (χ3n) is 3.30. The Kier molecular flexibility index (Phi) is 3.43. The number of hydrogen-bond acceptors (Lipinski definition) is 2. The molecule has 0 saturated carbocycles. The summed E-state index contributed by atoms with van der Waals surface area (Å²) in [6, 6.07) is 8.32. The van der Waals surface area contributed by atoms with Crippen molar-refractivity contribution in [3.63, 3.8) is 0 Å². The molecule has 0 bridgehead atoms. The van der Waals surface area contributed by atoms with Crippen molar-refractivity contribution in [2.45, 2.75) is 19.3 Å². The largest absolute Gasteiger partial charge is 0.393 e. The third-order valence-corrected chi connectivity index (χ3v) is 3.66. The summed E-state index contributed by atoms with van der Waals surface area (Å²) in [4.78, 5) is 11.9. The number of carbonyl (C=O) groups is 1. The molecule has 2 unspecified atom stereocenters. The molecule has 1 amide bonds. The first-order chi connectivity index (χ1) is 8.09. The Bertz CT molecular complexity index is 458. The van der Waals surface area contributed by atoms with Gasteiger partial charge in [-0.05, 0) is 24.5 Å². The van der Waals surface area contributed by atoms with Crippen molar-refractivity contribution < 1.29 is 4.79 Å². The second-order valence-electron chi connectivity index (χ2n) is 4.47. The first-order valence-corrected chi connectivity index (χ1v) is 6.15. The van der Waals surface area contributed by atoms with Crippen molar-refractivity contribution in [3.05, 3.63) is 35.4 Å². The Morgan fingerprint density at radius 3 is 2.94 bits per heavy atom. The summed E-state index contributed by atoms with van der Waals surface area (Å²) in [5.41, 5.74) is 8.16. The summed E-state index contributed by atoms with van der Waals surface area (Å²) in [6.45, 7) is 2.40. The number of rotatable bonds is 4. The zero-order valence-corrected chi connectivity index (χ0v) is 10.6. The van der Waals surface area contributed by atoms with Crippen LogP contribution in [0.4, 0.5) is 0 Å². The molecule has 4 heteroatoms. The van der Waals surface area contributed by atoms with Crippen LogP contribution in [0.2, 0.25) is 0 Å². The van der Waals surface area contributed by atoms with Gasteiger partial charge in [0.25, 0.3) is 0 Å². The highest BCUT2D eigenvalue weighted by atomic mass is 32.1. The average Bonchev–Trinajstić information content (AvgIpc) is 2.29. The number of amides is 1. The maximum atomic E-state index is 11.7. The third kappa shape index (κ3) is 2.47. The van der Waals surface area contributed by atoms with Gasteiger partial charge in [0, 0.05) is 12.5 Å². The molecule has 0 fully saturated rings. The molecule has 0 aromatic heterocycles. The summed E-state index contributed by atoms with van der Waals surface area (Å²) in [5.74, 6) is -0.0316. The first kappa shape index (κ1) is 12.0. The van der Waals surface area contributed by atoms with Gasteiger partial charge >= 0.3 is 0 Å². The minimum absolute atomic E-state index is 0.0816. The molecule has 0 saturated heterocycles. The molecule has 1 aliphatic carbocycles. The number of thiocarbonyl (C=S) groups is 1. The molecule has 3 N–H and O–H groups in total. The fraction of sp³-hybridized carbons (Fsp3) is 0.385. The molecule has 0 spiro atoms. The number of nitrogens with two attached hydrogens (primary N) is 1. The summed E-state index contributed by atoms with van der Waals surface area (Å²) in [6.07, 6.45) is 1.04. The number of hydrogen-bond donors (Lipinski definition) is 2. The molecule has 1 aliphatic rings. The molecule has 2 rings (SSSR count). The van der Waals surface area contributed by atoms with E-state index in [0.717, 1.165) is 6.42 Å². The lowest BCUT2D eigenvalue weighted by molar-refractivity contribution is -0.122. The van der Waals surface area contributed by atoms with Gasteiger partial charge in [0.05, 0.1) is 10.9 Å². The van der Waals surface area contributed by atoms with E-state index >= 15 is 0 Å². The topological polar surface area (TPSA) is 55.1 Å². The van der Waals surface area contributed by atoms with E-state index in [0.29, 0.717) is 12.5 Å². The van der Waals surface area contributed by atoms with Crippen LogP contribution in [0.3, 0.4) is 0 Å².